The van der Waals surface area contributed by atoms with Crippen LogP contribution in [0.15, 0.2) is 60.7 Å². The molecule has 3 unspecified atom stereocenters. The Hall–Kier alpha value is -1.68. The van der Waals surface area contributed by atoms with Crippen LogP contribution in [0.5, 0.6) is 0 Å². The number of nitrogens with one attached hydrogen (secondary N) is 1. The topological polar surface area (TPSA) is 35.5 Å². The first-order valence-corrected chi connectivity index (χ1v) is 8.47. The van der Waals surface area contributed by atoms with Crippen molar-refractivity contribution in [3.8, 4) is 0 Å². The average Bonchev–Trinajstić information content (AvgIpc) is 2.94. The third kappa shape index (κ3) is 4.41. The van der Waals surface area contributed by atoms with E-state index in [-0.39, 0.29) is 0 Å². The summed E-state index contributed by atoms with van der Waals surface area (Å²) in [7, 11) is 0. The minimum absolute atomic E-state index is 0.435. The molecule has 3 atom stereocenters. The standard InChI is InChI=1S/C20H26N2O/c1-16-12-19(15-22(16)14-17-8-4-2-5-9-17)21-13-20(23)18-10-6-3-7-11-18/h2-11,16,19-21,23H,12-15H2,1H3. The fraction of sp³-hybridized carbons (Fsp3) is 0.400. The summed E-state index contributed by atoms with van der Waals surface area (Å²) in [5.41, 5.74) is 2.34. The molecule has 1 heterocycles. The van der Waals surface area contributed by atoms with Crippen LogP contribution in [-0.2, 0) is 6.54 Å². The van der Waals surface area contributed by atoms with E-state index in [2.05, 4.69) is 47.5 Å². The Morgan fingerprint density at radius 1 is 1.09 bits per heavy atom. The van der Waals surface area contributed by atoms with E-state index in [0.717, 1.165) is 25.1 Å². The van der Waals surface area contributed by atoms with Gasteiger partial charge in [0.25, 0.3) is 0 Å². The van der Waals surface area contributed by atoms with Gasteiger partial charge >= 0.3 is 0 Å². The minimum Gasteiger partial charge on any atom is -0.387 e. The number of likely N-dealkylation sites (tertiary alicyclic amines) is 1. The molecule has 122 valence electrons. The van der Waals surface area contributed by atoms with Gasteiger partial charge in [-0.05, 0) is 24.5 Å². The Morgan fingerprint density at radius 3 is 2.43 bits per heavy atom. The molecule has 2 N–H and O–H groups in total. The van der Waals surface area contributed by atoms with Gasteiger partial charge in [0.05, 0.1) is 6.10 Å². The SMILES string of the molecule is CC1CC(NCC(O)c2ccccc2)CN1Cc1ccccc1. The molecule has 0 aliphatic carbocycles. The maximum atomic E-state index is 10.3. The van der Waals surface area contributed by atoms with Crippen LogP contribution in [0.2, 0.25) is 0 Å². The maximum absolute atomic E-state index is 10.3. The molecule has 1 aliphatic rings. The van der Waals surface area contributed by atoms with Crippen LogP contribution in [0.25, 0.3) is 0 Å². The molecule has 0 aromatic heterocycles. The van der Waals surface area contributed by atoms with E-state index >= 15 is 0 Å². The summed E-state index contributed by atoms with van der Waals surface area (Å²) in [5, 5.41) is 13.8. The van der Waals surface area contributed by atoms with E-state index in [1.165, 1.54) is 5.56 Å². The Labute approximate surface area is 139 Å². The van der Waals surface area contributed by atoms with Crippen LogP contribution in [0.4, 0.5) is 0 Å². The molecule has 3 nitrogen and oxygen atoms in total. The van der Waals surface area contributed by atoms with Crippen molar-refractivity contribution >= 4 is 0 Å². The first-order chi connectivity index (χ1) is 11.2. The fourth-order valence-corrected chi connectivity index (χ4v) is 3.36. The van der Waals surface area contributed by atoms with Gasteiger partial charge in [-0.1, -0.05) is 60.7 Å². The Kier molecular flexibility index (Phi) is 5.44. The average molecular weight is 310 g/mol. The second-order valence-corrected chi connectivity index (χ2v) is 6.53. The second kappa shape index (κ2) is 7.73. The summed E-state index contributed by atoms with van der Waals surface area (Å²) in [6.45, 7) is 4.94. The number of hydrogen-bond donors (Lipinski definition) is 2. The first kappa shape index (κ1) is 16.2. The third-order valence-electron chi connectivity index (χ3n) is 4.72. The number of aliphatic hydroxyl groups is 1. The summed E-state index contributed by atoms with van der Waals surface area (Å²) in [5.74, 6) is 0. The molecule has 1 fully saturated rings. The molecule has 0 saturated carbocycles. The predicted octanol–water partition coefficient (Wildman–Crippen LogP) is 2.97. The molecular formula is C20H26N2O. The van der Waals surface area contributed by atoms with Crippen molar-refractivity contribution in [2.75, 3.05) is 13.1 Å². The highest BCUT2D eigenvalue weighted by molar-refractivity contribution is 5.18. The van der Waals surface area contributed by atoms with Crippen LogP contribution < -0.4 is 5.32 Å². The number of hydrogen-bond acceptors (Lipinski definition) is 3. The van der Waals surface area contributed by atoms with E-state index in [1.807, 2.05) is 30.3 Å². The predicted molar refractivity (Wildman–Crippen MR) is 94.1 cm³/mol. The van der Waals surface area contributed by atoms with Crippen molar-refractivity contribution in [2.45, 2.75) is 38.1 Å². The lowest BCUT2D eigenvalue weighted by Gasteiger charge is -2.21. The van der Waals surface area contributed by atoms with Gasteiger partial charge in [0, 0.05) is 31.7 Å². The number of benzene rings is 2. The first-order valence-electron chi connectivity index (χ1n) is 8.47. The summed E-state index contributed by atoms with van der Waals surface area (Å²) in [6, 6.07) is 21.5. The van der Waals surface area contributed by atoms with Crippen LogP contribution in [-0.4, -0.2) is 35.2 Å². The normalized spacial score (nSPS) is 23.0. The molecule has 23 heavy (non-hydrogen) atoms. The second-order valence-electron chi connectivity index (χ2n) is 6.53. The van der Waals surface area contributed by atoms with Gasteiger partial charge in [0.1, 0.15) is 0 Å². The molecule has 3 heteroatoms. The molecule has 0 amide bonds. The molecule has 3 rings (SSSR count). The number of aliphatic hydroxyl groups excluding tert-OH is 1. The van der Waals surface area contributed by atoms with E-state index in [4.69, 9.17) is 0 Å². The van der Waals surface area contributed by atoms with Crippen LogP contribution in [0.1, 0.15) is 30.6 Å². The molecule has 0 bridgehead atoms. The van der Waals surface area contributed by atoms with E-state index in [1.54, 1.807) is 0 Å². The lowest BCUT2D eigenvalue weighted by molar-refractivity contribution is 0.169. The van der Waals surface area contributed by atoms with Crippen molar-refractivity contribution in [3.63, 3.8) is 0 Å². The van der Waals surface area contributed by atoms with E-state index < -0.39 is 6.10 Å². The third-order valence-corrected chi connectivity index (χ3v) is 4.72. The Morgan fingerprint density at radius 2 is 1.74 bits per heavy atom. The lowest BCUT2D eigenvalue weighted by atomic mass is 10.1. The number of rotatable bonds is 6. The molecule has 1 saturated heterocycles. The largest absolute Gasteiger partial charge is 0.387 e. The Bertz CT molecular complexity index is 587. The van der Waals surface area contributed by atoms with Gasteiger partial charge in [-0.15, -0.1) is 0 Å². The molecular weight excluding hydrogens is 284 g/mol. The van der Waals surface area contributed by atoms with Crippen LogP contribution in [0.3, 0.4) is 0 Å². The maximum Gasteiger partial charge on any atom is 0.0914 e. The van der Waals surface area contributed by atoms with Gasteiger partial charge in [-0.3, -0.25) is 4.90 Å². The summed E-state index contributed by atoms with van der Waals surface area (Å²) in [4.78, 5) is 2.52. The van der Waals surface area contributed by atoms with E-state index in [9.17, 15) is 5.11 Å². The molecule has 1 aliphatic heterocycles. The van der Waals surface area contributed by atoms with E-state index in [0.29, 0.717) is 18.6 Å². The van der Waals surface area contributed by atoms with Gasteiger partial charge in [-0.2, -0.15) is 0 Å². The van der Waals surface area contributed by atoms with Crippen LogP contribution >= 0.6 is 0 Å². The zero-order valence-electron chi connectivity index (χ0n) is 13.7. The van der Waals surface area contributed by atoms with Crippen molar-refractivity contribution in [2.24, 2.45) is 0 Å². The highest BCUT2D eigenvalue weighted by atomic mass is 16.3. The fourth-order valence-electron chi connectivity index (χ4n) is 3.36. The monoisotopic (exact) mass is 310 g/mol. The number of nitrogens with zero attached hydrogens (tertiary/aromatic N) is 1. The summed E-state index contributed by atoms with van der Waals surface area (Å²) < 4.78 is 0. The molecule has 0 spiro atoms. The highest BCUT2D eigenvalue weighted by Gasteiger charge is 2.28. The van der Waals surface area contributed by atoms with Crippen molar-refractivity contribution in [3.05, 3.63) is 71.8 Å². The smallest absolute Gasteiger partial charge is 0.0914 e. The van der Waals surface area contributed by atoms with Gasteiger partial charge < -0.3 is 10.4 Å². The minimum atomic E-state index is -0.435. The quantitative estimate of drug-likeness (QED) is 0.861. The Balaban J connectivity index is 1.49. The summed E-state index contributed by atoms with van der Waals surface area (Å²) >= 11 is 0. The van der Waals surface area contributed by atoms with Crippen molar-refractivity contribution in [1.82, 2.24) is 10.2 Å². The summed E-state index contributed by atoms with van der Waals surface area (Å²) in [6.07, 6.45) is 0.698. The molecule has 2 aromatic rings. The van der Waals surface area contributed by atoms with Crippen molar-refractivity contribution in [1.29, 1.82) is 0 Å². The van der Waals surface area contributed by atoms with Gasteiger partial charge in [0.15, 0.2) is 0 Å². The van der Waals surface area contributed by atoms with Crippen molar-refractivity contribution < 1.29 is 5.11 Å². The molecule has 2 aromatic carbocycles. The zero-order chi connectivity index (χ0) is 16.1. The highest BCUT2D eigenvalue weighted by Crippen LogP contribution is 2.21. The molecule has 0 radical (unpaired) electrons. The zero-order valence-corrected chi connectivity index (χ0v) is 13.7. The van der Waals surface area contributed by atoms with Gasteiger partial charge in [0.2, 0.25) is 0 Å². The van der Waals surface area contributed by atoms with Crippen LogP contribution in [0, 0.1) is 0 Å². The lowest BCUT2D eigenvalue weighted by Crippen LogP contribution is -2.35. The van der Waals surface area contributed by atoms with Gasteiger partial charge in [-0.25, -0.2) is 0 Å².